The first kappa shape index (κ1) is 16.7. The Labute approximate surface area is 148 Å². The third-order valence-corrected chi connectivity index (χ3v) is 4.27. The first-order chi connectivity index (χ1) is 11.7. The van der Waals surface area contributed by atoms with E-state index < -0.39 is 0 Å². The molecule has 124 valence electrons. The topological polar surface area (TPSA) is 57.4 Å². The highest BCUT2D eigenvalue weighted by molar-refractivity contribution is 7.98. The fourth-order valence-electron chi connectivity index (χ4n) is 1.92. The highest BCUT2D eigenvalue weighted by Crippen LogP contribution is 2.23. The van der Waals surface area contributed by atoms with Gasteiger partial charge in [-0.25, -0.2) is 0 Å². The van der Waals surface area contributed by atoms with Gasteiger partial charge in [-0.05, 0) is 29.8 Å². The van der Waals surface area contributed by atoms with Crippen molar-refractivity contribution in [3.05, 3.63) is 65.0 Å². The number of methoxy groups -OCH3 is 1. The highest BCUT2D eigenvalue weighted by Gasteiger charge is 2.08. The van der Waals surface area contributed by atoms with Crippen molar-refractivity contribution in [1.29, 1.82) is 0 Å². The predicted octanol–water partition coefficient (Wildman–Crippen LogP) is 4.60. The third kappa shape index (κ3) is 4.66. The van der Waals surface area contributed by atoms with Crippen molar-refractivity contribution in [1.82, 2.24) is 10.2 Å². The van der Waals surface area contributed by atoms with Crippen LogP contribution in [0.2, 0.25) is 5.02 Å². The summed E-state index contributed by atoms with van der Waals surface area (Å²) in [6, 6.07) is 15.0. The molecule has 0 amide bonds. The van der Waals surface area contributed by atoms with Crippen LogP contribution in [-0.2, 0) is 12.4 Å². The van der Waals surface area contributed by atoms with Gasteiger partial charge in [0.25, 0.3) is 11.1 Å². The molecule has 0 aliphatic heterocycles. The van der Waals surface area contributed by atoms with E-state index in [1.807, 2.05) is 42.5 Å². The summed E-state index contributed by atoms with van der Waals surface area (Å²) in [5, 5.41) is 9.23. The van der Waals surface area contributed by atoms with Gasteiger partial charge in [0.05, 0.1) is 7.11 Å². The standard InChI is InChI=1S/C17H15ClN2O3S/c1-21-14-3-2-4-15(9-14)22-10-16-19-20-17(23-16)24-11-12-5-7-13(18)8-6-12/h2-9H,10-11H2,1H3. The lowest BCUT2D eigenvalue weighted by Gasteiger charge is -2.05. The molecule has 0 saturated carbocycles. The Balaban J connectivity index is 1.52. The summed E-state index contributed by atoms with van der Waals surface area (Å²) in [4.78, 5) is 0. The van der Waals surface area contributed by atoms with E-state index in [0.717, 1.165) is 22.1 Å². The fourth-order valence-corrected chi connectivity index (χ4v) is 2.78. The van der Waals surface area contributed by atoms with Crippen LogP contribution >= 0.6 is 23.4 Å². The Morgan fingerprint density at radius 3 is 2.67 bits per heavy atom. The Bertz CT molecular complexity index is 793. The van der Waals surface area contributed by atoms with E-state index in [2.05, 4.69) is 10.2 Å². The molecule has 1 aromatic heterocycles. The quantitative estimate of drug-likeness (QED) is 0.572. The van der Waals surface area contributed by atoms with Gasteiger partial charge in [0.1, 0.15) is 11.5 Å². The van der Waals surface area contributed by atoms with Crippen molar-refractivity contribution in [3.63, 3.8) is 0 Å². The van der Waals surface area contributed by atoms with Crippen LogP contribution in [0.5, 0.6) is 11.5 Å². The largest absolute Gasteiger partial charge is 0.497 e. The van der Waals surface area contributed by atoms with Crippen molar-refractivity contribution >= 4 is 23.4 Å². The smallest absolute Gasteiger partial charge is 0.277 e. The molecule has 0 radical (unpaired) electrons. The van der Waals surface area contributed by atoms with Crippen LogP contribution in [-0.4, -0.2) is 17.3 Å². The van der Waals surface area contributed by atoms with Crippen molar-refractivity contribution in [2.75, 3.05) is 7.11 Å². The fraction of sp³-hybridized carbons (Fsp3) is 0.176. The molecule has 0 fully saturated rings. The lowest BCUT2D eigenvalue weighted by molar-refractivity contribution is 0.251. The van der Waals surface area contributed by atoms with E-state index in [1.54, 1.807) is 13.2 Å². The third-order valence-electron chi connectivity index (χ3n) is 3.13. The van der Waals surface area contributed by atoms with Crippen LogP contribution in [0.1, 0.15) is 11.5 Å². The van der Waals surface area contributed by atoms with Gasteiger partial charge >= 0.3 is 0 Å². The van der Waals surface area contributed by atoms with Gasteiger partial charge in [0.2, 0.25) is 0 Å². The summed E-state index contributed by atoms with van der Waals surface area (Å²) in [6.07, 6.45) is 0. The van der Waals surface area contributed by atoms with Crippen LogP contribution < -0.4 is 9.47 Å². The van der Waals surface area contributed by atoms with Crippen LogP contribution in [0.25, 0.3) is 0 Å². The van der Waals surface area contributed by atoms with Gasteiger partial charge in [0, 0.05) is 16.8 Å². The molecule has 0 bridgehead atoms. The predicted molar refractivity (Wildman–Crippen MR) is 92.6 cm³/mol. The number of hydrogen-bond donors (Lipinski definition) is 0. The molecule has 0 spiro atoms. The molecule has 0 N–H and O–H groups in total. The zero-order chi connectivity index (χ0) is 16.8. The Hall–Kier alpha value is -2.18. The summed E-state index contributed by atoms with van der Waals surface area (Å²) < 4.78 is 16.3. The van der Waals surface area contributed by atoms with Crippen molar-refractivity contribution in [3.8, 4) is 11.5 Å². The SMILES string of the molecule is COc1cccc(OCc2nnc(SCc3ccc(Cl)cc3)o2)c1. The second kappa shape index (κ2) is 8.08. The first-order valence-electron chi connectivity index (χ1n) is 7.19. The molecule has 0 unspecified atom stereocenters. The zero-order valence-electron chi connectivity index (χ0n) is 12.9. The molecule has 0 atom stereocenters. The minimum Gasteiger partial charge on any atom is -0.497 e. The molecular weight excluding hydrogens is 348 g/mol. The molecule has 3 rings (SSSR count). The van der Waals surface area contributed by atoms with Gasteiger partial charge in [-0.2, -0.15) is 0 Å². The van der Waals surface area contributed by atoms with E-state index in [1.165, 1.54) is 11.8 Å². The number of benzene rings is 2. The first-order valence-corrected chi connectivity index (χ1v) is 8.56. The number of aromatic nitrogens is 2. The van der Waals surface area contributed by atoms with Gasteiger partial charge in [-0.3, -0.25) is 0 Å². The molecule has 0 aliphatic rings. The van der Waals surface area contributed by atoms with E-state index >= 15 is 0 Å². The number of ether oxygens (including phenoxy) is 2. The maximum atomic E-state index is 5.87. The molecule has 0 saturated heterocycles. The summed E-state index contributed by atoms with van der Waals surface area (Å²) in [5.74, 6) is 2.58. The molecule has 7 heteroatoms. The van der Waals surface area contributed by atoms with Crippen LogP contribution in [0.4, 0.5) is 0 Å². The second-order valence-electron chi connectivity index (χ2n) is 4.84. The Morgan fingerprint density at radius 2 is 1.88 bits per heavy atom. The summed E-state index contributed by atoms with van der Waals surface area (Å²) in [5.41, 5.74) is 1.14. The Morgan fingerprint density at radius 1 is 1.08 bits per heavy atom. The summed E-state index contributed by atoms with van der Waals surface area (Å²) >= 11 is 7.34. The average Bonchev–Trinajstić information content (AvgIpc) is 3.08. The highest BCUT2D eigenvalue weighted by atomic mass is 35.5. The van der Waals surface area contributed by atoms with Crippen LogP contribution in [0, 0.1) is 0 Å². The van der Waals surface area contributed by atoms with E-state index in [-0.39, 0.29) is 6.61 Å². The summed E-state index contributed by atoms with van der Waals surface area (Å²) in [7, 11) is 1.61. The van der Waals surface area contributed by atoms with Crippen molar-refractivity contribution in [2.45, 2.75) is 17.6 Å². The number of thioether (sulfide) groups is 1. The molecule has 3 aromatic rings. The van der Waals surface area contributed by atoms with Gasteiger partial charge < -0.3 is 13.9 Å². The molecule has 1 heterocycles. The van der Waals surface area contributed by atoms with E-state index in [9.17, 15) is 0 Å². The number of hydrogen-bond acceptors (Lipinski definition) is 6. The zero-order valence-corrected chi connectivity index (χ0v) is 14.5. The number of halogens is 1. The van der Waals surface area contributed by atoms with Crippen molar-refractivity contribution < 1.29 is 13.9 Å². The van der Waals surface area contributed by atoms with E-state index in [0.29, 0.717) is 16.9 Å². The van der Waals surface area contributed by atoms with Crippen LogP contribution in [0.3, 0.4) is 0 Å². The van der Waals surface area contributed by atoms with Crippen molar-refractivity contribution in [2.24, 2.45) is 0 Å². The minimum atomic E-state index is 0.210. The molecule has 2 aromatic carbocycles. The average molecular weight is 363 g/mol. The van der Waals surface area contributed by atoms with E-state index in [4.69, 9.17) is 25.5 Å². The minimum absolute atomic E-state index is 0.210. The summed E-state index contributed by atoms with van der Waals surface area (Å²) in [6.45, 7) is 0.210. The number of nitrogens with zero attached hydrogens (tertiary/aromatic N) is 2. The Kier molecular flexibility index (Phi) is 5.61. The lowest BCUT2D eigenvalue weighted by Crippen LogP contribution is -1.96. The second-order valence-corrected chi connectivity index (χ2v) is 6.21. The van der Waals surface area contributed by atoms with Crippen LogP contribution in [0.15, 0.2) is 58.2 Å². The monoisotopic (exact) mass is 362 g/mol. The van der Waals surface area contributed by atoms with Gasteiger partial charge in [-0.1, -0.05) is 41.6 Å². The normalized spacial score (nSPS) is 10.6. The number of rotatable bonds is 7. The maximum absolute atomic E-state index is 5.87. The molecule has 5 nitrogen and oxygen atoms in total. The molecular formula is C17H15ClN2O3S. The van der Waals surface area contributed by atoms with Gasteiger partial charge in [-0.15, -0.1) is 10.2 Å². The maximum Gasteiger partial charge on any atom is 0.277 e. The lowest BCUT2D eigenvalue weighted by atomic mass is 10.2. The molecule has 0 aliphatic carbocycles. The van der Waals surface area contributed by atoms with Gasteiger partial charge in [0.15, 0.2) is 6.61 Å². The molecule has 24 heavy (non-hydrogen) atoms.